The molecule has 0 saturated carbocycles. The number of rotatable bonds is 3. The molecule has 1 unspecified atom stereocenters. The van der Waals surface area contributed by atoms with Gasteiger partial charge in [0.2, 0.25) is 0 Å². The van der Waals surface area contributed by atoms with Crippen molar-refractivity contribution in [1.82, 2.24) is 0 Å². The first-order valence-electron chi connectivity index (χ1n) is 5.09. The van der Waals surface area contributed by atoms with E-state index in [2.05, 4.69) is 11.8 Å². The molecule has 1 aliphatic heterocycles. The topological polar surface area (TPSA) is 38.7 Å². The predicted octanol–water partition coefficient (Wildman–Crippen LogP) is 1.30. The minimum Gasteiger partial charge on any atom is -0.378 e. The fourth-order valence-electron chi connectivity index (χ4n) is 1.60. The molecule has 3 heteroatoms. The minimum atomic E-state index is -0.736. The average Bonchev–Trinajstić information content (AvgIpc) is 2.63. The molecule has 1 saturated heterocycles. The molecular formula is C11H18O3. The Labute approximate surface area is 85.4 Å². The van der Waals surface area contributed by atoms with Crippen LogP contribution in [-0.2, 0) is 9.47 Å². The maximum Gasteiger partial charge on any atom is 0.168 e. The molecule has 0 amide bonds. The molecule has 1 heterocycles. The standard InChI is InChI=1S/C11H18O3/c1-4-7-9(12)10-8-13-11(5-2,6-3)14-10/h9-10,12H,5-6,8H2,1-3H3/t9?,10-/m1/s1. The van der Waals surface area contributed by atoms with Crippen LogP contribution < -0.4 is 0 Å². The van der Waals surface area contributed by atoms with Gasteiger partial charge in [-0.1, -0.05) is 19.8 Å². The summed E-state index contributed by atoms with van der Waals surface area (Å²) in [7, 11) is 0. The first-order chi connectivity index (χ1) is 6.67. The van der Waals surface area contributed by atoms with Gasteiger partial charge in [0.05, 0.1) is 6.61 Å². The molecule has 0 aliphatic carbocycles. The summed E-state index contributed by atoms with van der Waals surface area (Å²) in [5.74, 6) is 4.85. The van der Waals surface area contributed by atoms with E-state index in [0.717, 1.165) is 12.8 Å². The van der Waals surface area contributed by atoms with Gasteiger partial charge in [-0.05, 0) is 19.8 Å². The van der Waals surface area contributed by atoms with E-state index >= 15 is 0 Å². The van der Waals surface area contributed by atoms with Gasteiger partial charge in [0, 0.05) is 0 Å². The van der Waals surface area contributed by atoms with Crippen molar-refractivity contribution in [2.24, 2.45) is 0 Å². The second kappa shape index (κ2) is 4.79. The fourth-order valence-corrected chi connectivity index (χ4v) is 1.60. The van der Waals surface area contributed by atoms with Gasteiger partial charge < -0.3 is 14.6 Å². The maximum atomic E-state index is 9.59. The highest BCUT2D eigenvalue weighted by Gasteiger charge is 2.40. The molecule has 1 aliphatic rings. The third-order valence-electron chi connectivity index (χ3n) is 2.60. The highest BCUT2D eigenvalue weighted by molar-refractivity contribution is 5.05. The van der Waals surface area contributed by atoms with E-state index < -0.39 is 11.9 Å². The molecule has 0 aromatic carbocycles. The Bertz CT molecular complexity index is 235. The lowest BCUT2D eigenvalue weighted by Gasteiger charge is -2.25. The summed E-state index contributed by atoms with van der Waals surface area (Å²) >= 11 is 0. The van der Waals surface area contributed by atoms with E-state index in [0.29, 0.717) is 6.61 Å². The van der Waals surface area contributed by atoms with Crippen molar-refractivity contribution in [2.45, 2.75) is 51.6 Å². The summed E-state index contributed by atoms with van der Waals surface area (Å²) in [6, 6.07) is 0. The number of aliphatic hydroxyl groups is 1. The summed E-state index contributed by atoms with van der Waals surface area (Å²) < 4.78 is 11.3. The predicted molar refractivity (Wildman–Crippen MR) is 53.6 cm³/mol. The first kappa shape index (κ1) is 11.5. The van der Waals surface area contributed by atoms with Crippen LogP contribution in [0.1, 0.15) is 33.6 Å². The Morgan fingerprint density at radius 2 is 2.14 bits per heavy atom. The summed E-state index contributed by atoms with van der Waals surface area (Å²) in [6.45, 7) is 6.16. The molecule has 80 valence electrons. The molecule has 0 spiro atoms. The van der Waals surface area contributed by atoms with E-state index in [1.54, 1.807) is 6.92 Å². The van der Waals surface area contributed by atoms with Crippen molar-refractivity contribution in [3.8, 4) is 11.8 Å². The number of aliphatic hydroxyl groups excluding tert-OH is 1. The molecular weight excluding hydrogens is 180 g/mol. The van der Waals surface area contributed by atoms with Crippen LogP contribution >= 0.6 is 0 Å². The highest BCUT2D eigenvalue weighted by atomic mass is 16.7. The van der Waals surface area contributed by atoms with E-state index in [-0.39, 0.29) is 6.10 Å². The van der Waals surface area contributed by atoms with Crippen molar-refractivity contribution in [2.75, 3.05) is 6.61 Å². The van der Waals surface area contributed by atoms with Crippen LogP contribution in [0.15, 0.2) is 0 Å². The van der Waals surface area contributed by atoms with Crippen LogP contribution in [-0.4, -0.2) is 29.7 Å². The second-order valence-corrected chi connectivity index (χ2v) is 3.42. The number of hydrogen-bond donors (Lipinski definition) is 1. The summed E-state index contributed by atoms with van der Waals surface area (Å²) in [5, 5.41) is 9.59. The average molecular weight is 198 g/mol. The van der Waals surface area contributed by atoms with Gasteiger partial charge in [-0.3, -0.25) is 0 Å². The SMILES string of the molecule is CC#CC(O)[C@H]1COC(CC)(CC)O1. The van der Waals surface area contributed by atoms with Crippen LogP contribution in [0, 0.1) is 11.8 Å². The smallest absolute Gasteiger partial charge is 0.168 e. The van der Waals surface area contributed by atoms with Gasteiger partial charge in [-0.25, -0.2) is 0 Å². The summed E-state index contributed by atoms with van der Waals surface area (Å²) in [5.41, 5.74) is 0. The van der Waals surface area contributed by atoms with Crippen LogP contribution in [0.3, 0.4) is 0 Å². The Morgan fingerprint density at radius 1 is 1.50 bits per heavy atom. The van der Waals surface area contributed by atoms with Crippen LogP contribution in [0.2, 0.25) is 0 Å². The molecule has 3 nitrogen and oxygen atoms in total. The molecule has 1 fully saturated rings. The molecule has 0 bridgehead atoms. The number of ether oxygens (including phenoxy) is 2. The van der Waals surface area contributed by atoms with E-state index in [4.69, 9.17) is 9.47 Å². The van der Waals surface area contributed by atoms with E-state index in [9.17, 15) is 5.11 Å². The molecule has 2 atom stereocenters. The molecule has 0 aromatic heterocycles. The fraction of sp³-hybridized carbons (Fsp3) is 0.818. The first-order valence-corrected chi connectivity index (χ1v) is 5.09. The van der Waals surface area contributed by atoms with Crippen LogP contribution in [0.25, 0.3) is 0 Å². The Hall–Kier alpha value is -0.560. The van der Waals surface area contributed by atoms with Gasteiger partial charge in [0.25, 0.3) is 0 Å². The largest absolute Gasteiger partial charge is 0.378 e. The lowest BCUT2D eigenvalue weighted by molar-refractivity contribution is -0.178. The zero-order chi connectivity index (χ0) is 10.6. The lowest BCUT2D eigenvalue weighted by Crippen LogP contribution is -2.32. The Balaban J connectivity index is 2.58. The molecule has 1 N–H and O–H groups in total. The Morgan fingerprint density at radius 3 is 2.57 bits per heavy atom. The minimum absolute atomic E-state index is 0.303. The van der Waals surface area contributed by atoms with Crippen LogP contribution in [0.5, 0.6) is 0 Å². The zero-order valence-corrected chi connectivity index (χ0v) is 9.04. The van der Waals surface area contributed by atoms with Gasteiger partial charge >= 0.3 is 0 Å². The maximum absolute atomic E-state index is 9.59. The van der Waals surface area contributed by atoms with Gasteiger partial charge in [-0.2, -0.15) is 0 Å². The van der Waals surface area contributed by atoms with Gasteiger partial charge in [0.15, 0.2) is 5.79 Å². The third kappa shape index (κ3) is 2.27. The summed E-state index contributed by atoms with van der Waals surface area (Å²) in [6.07, 6.45) is 0.556. The molecule has 14 heavy (non-hydrogen) atoms. The van der Waals surface area contributed by atoms with Gasteiger partial charge in [-0.15, -0.1) is 5.92 Å². The van der Waals surface area contributed by atoms with Crippen molar-refractivity contribution in [1.29, 1.82) is 0 Å². The van der Waals surface area contributed by atoms with Crippen molar-refractivity contribution in [3.63, 3.8) is 0 Å². The number of hydrogen-bond acceptors (Lipinski definition) is 3. The highest BCUT2D eigenvalue weighted by Crippen LogP contribution is 2.31. The van der Waals surface area contributed by atoms with Gasteiger partial charge in [0.1, 0.15) is 12.2 Å². The summed E-state index contributed by atoms with van der Waals surface area (Å²) in [4.78, 5) is 0. The monoisotopic (exact) mass is 198 g/mol. The molecule has 1 rings (SSSR count). The normalized spacial score (nSPS) is 26.7. The van der Waals surface area contributed by atoms with Crippen molar-refractivity contribution >= 4 is 0 Å². The Kier molecular flexibility index (Phi) is 3.94. The third-order valence-corrected chi connectivity index (χ3v) is 2.60. The second-order valence-electron chi connectivity index (χ2n) is 3.42. The lowest BCUT2D eigenvalue weighted by atomic mass is 10.1. The molecule has 0 radical (unpaired) electrons. The van der Waals surface area contributed by atoms with Crippen molar-refractivity contribution < 1.29 is 14.6 Å². The van der Waals surface area contributed by atoms with E-state index in [1.165, 1.54) is 0 Å². The van der Waals surface area contributed by atoms with E-state index in [1.807, 2.05) is 13.8 Å². The van der Waals surface area contributed by atoms with Crippen molar-refractivity contribution in [3.05, 3.63) is 0 Å². The molecule has 0 aromatic rings. The van der Waals surface area contributed by atoms with Crippen LogP contribution in [0.4, 0.5) is 0 Å². The zero-order valence-electron chi connectivity index (χ0n) is 9.04. The quantitative estimate of drug-likeness (QED) is 0.695.